The number of hydrogen-bond acceptors (Lipinski definition) is 5. The first-order valence-corrected chi connectivity index (χ1v) is 3.67. The van der Waals surface area contributed by atoms with Crippen molar-refractivity contribution in [3.8, 4) is 18.2 Å². The van der Waals surface area contributed by atoms with Gasteiger partial charge in [0, 0.05) is 0 Å². The average Bonchev–Trinajstić information content (AvgIpc) is 2.09. The zero-order chi connectivity index (χ0) is 9.84. The summed E-state index contributed by atoms with van der Waals surface area (Å²) in [5.41, 5.74) is 10.9. The normalized spacial score (nSPS) is 9.23. The van der Waals surface area contributed by atoms with Crippen LogP contribution in [-0.2, 0) is 0 Å². The van der Waals surface area contributed by atoms with Crippen molar-refractivity contribution in [3.63, 3.8) is 0 Å². The second-order valence-corrected chi connectivity index (χ2v) is 2.44. The largest absolute Gasteiger partial charge is 0.463 e. The van der Waals surface area contributed by atoms with Crippen LogP contribution in [0, 0.1) is 12.3 Å². The molecule has 6 heteroatoms. The summed E-state index contributed by atoms with van der Waals surface area (Å²) in [5, 5.41) is 0.0551. The van der Waals surface area contributed by atoms with E-state index >= 15 is 0 Å². The summed E-state index contributed by atoms with van der Waals surface area (Å²) in [5.74, 6) is 2.36. The Hall–Kier alpha value is -1.67. The molecule has 1 rings (SSSR count). The molecule has 0 saturated heterocycles. The number of hydrogen-bond donors (Lipinski definition) is 2. The first kappa shape index (κ1) is 9.42. The van der Waals surface area contributed by atoms with Gasteiger partial charge in [0.2, 0.25) is 11.8 Å². The predicted octanol–water partition coefficient (Wildman–Crippen LogP) is 0.306. The van der Waals surface area contributed by atoms with E-state index in [1.165, 1.54) is 0 Å². The second-order valence-electron chi connectivity index (χ2n) is 2.08. The summed E-state index contributed by atoms with van der Waals surface area (Å²) in [6.07, 6.45) is 4.98. The Morgan fingerprint density at radius 3 is 2.77 bits per heavy atom. The number of terminal acetylenes is 1. The third-order valence-corrected chi connectivity index (χ3v) is 1.46. The molecule has 0 radical (unpaired) electrons. The van der Waals surface area contributed by atoms with E-state index in [0.29, 0.717) is 0 Å². The van der Waals surface area contributed by atoms with Crippen LogP contribution in [0.5, 0.6) is 5.88 Å². The molecule has 0 unspecified atom stereocenters. The maximum atomic E-state index is 5.61. The predicted molar refractivity (Wildman–Crippen MR) is 50.2 cm³/mol. The van der Waals surface area contributed by atoms with E-state index in [0.717, 1.165) is 0 Å². The van der Waals surface area contributed by atoms with Crippen LogP contribution in [0.3, 0.4) is 0 Å². The Bertz CT molecular complexity index is 360. The molecule has 1 aromatic heterocycles. The van der Waals surface area contributed by atoms with E-state index in [-0.39, 0.29) is 29.3 Å². The fraction of sp³-hybridized carbons (Fsp3) is 0.143. The van der Waals surface area contributed by atoms with E-state index in [4.69, 9.17) is 34.2 Å². The van der Waals surface area contributed by atoms with Gasteiger partial charge in [0.15, 0.2) is 11.8 Å². The maximum absolute atomic E-state index is 5.61. The Morgan fingerprint density at radius 1 is 1.46 bits per heavy atom. The van der Waals surface area contributed by atoms with Gasteiger partial charge in [-0.25, -0.2) is 0 Å². The molecule has 4 N–H and O–H groups in total. The minimum absolute atomic E-state index is 0.00813. The molecule has 13 heavy (non-hydrogen) atoms. The van der Waals surface area contributed by atoms with Gasteiger partial charge in [-0.05, 0) is 0 Å². The average molecular weight is 199 g/mol. The number of aromatic nitrogens is 2. The Kier molecular flexibility index (Phi) is 2.77. The highest BCUT2D eigenvalue weighted by molar-refractivity contribution is 6.32. The fourth-order valence-corrected chi connectivity index (χ4v) is 0.826. The van der Waals surface area contributed by atoms with E-state index in [2.05, 4.69) is 15.9 Å². The molecule has 0 amide bonds. The van der Waals surface area contributed by atoms with Crippen LogP contribution >= 0.6 is 11.6 Å². The molecule has 0 saturated carbocycles. The van der Waals surface area contributed by atoms with Crippen LogP contribution in [0.4, 0.5) is 11.6 Å². The minimum atomic E-state index is -0.00813. The van der Waals surface area contributed by atoms with E-state index in [1.54, 1.807) is 0 Å². The molecule has 1 heterocycles. The minimum Gasteiger partial charge on any atom is -0.463 e. The number of anilines is 2. The Morgan fingerprint density at radius 2 is 2.15 bits per heavy atom. The molecular formula is C7H7ClN4O. The van der Waals surface area contributed by atoms with Gasteiger partial charge in [0.05, 0.1) is 0 Å². The van der Waals surface area contributed by atoms with Gasteiger partial charge in [-0.3, -0.25) is 0 Å². The molecule has 0 aliphatic carbocycles. The van der Waals surface area contributed by atoms with Crippen LogP contribution in [0.25, 0.3) is 0 Å². The van der Waals surface area contributed by atoms with Crippen molar-refractivity contribution in [2.45, 2.75) is 0 Å². The number of rotatable bonds is 2. The highest BCUT2D eigenvalue weighted by Gasteiger charge is 2.08. The van der Waals surface area contributed by atoms with Gasteiger partial charge >= 0.3 is 0 Å². The third-order valence-electron chi connectivity index (χ3n) is 1.17. The van der Waals surface area contributed by atoms with Crippen molar-refractivity contribution < 1.29 is 4.74 Å². The van der Waals surface area contributed by atoms with E-state index in [9.17, 15) is 0 Å². The monoisotopic (exact) mass is 198 g/mol. The van der Waals surface area contributed by atoms with Gasteiger partial charge in [-0.2, -0.15) is 9.97 Å². The molecule has 0 bridgehead atoms. The zero-order valence-electron chi connectivity index (χ0n) is 6.62. The molecular weight excluding hydrogens is 192 g/mol. The van der Waals surface area contributed by atoms with E-state index < -0.39 is 0 Å². The first-order valence-electron chi connectivity index (χ1n) is 3.30. The molecule has 0 aliphatic rings. The molecule has 5 nitrogen and oxygen atoms in total. The Labute approximate surface area is 80.1 Å². The highest BCUT2D eigenvalue weighted by atomic mass is 35.5. The van der Waals surface area contributed by atoms with Crippen LogP contribution < -0.4 is 16.2 Å². The third kappa shape index (κ3) is 2.13. The Balaban J connectivity index is 3.00. The lowest BCUT2D eigenvalue weighted by molar-refractivity contribution is 0.357. The zero-order valence-corrected chi connectivity index (χ0v) is 7.38. The van der Waals surface area contributed by atoms with Crippen LogP contribution in [0.1, 0.15) is 0 Å². The number of nitrogens with zero attached hydrogens (tertiary/aromatic N) is 2. The van der Waals surface area contributed by atoms with Gasteiger partial charge in [-0.15, -0.1) is 6.42 Å². The van der Waals surface area contributed by atoms with Gasteiger partial charge < -0.3 is 16.2 Å². The maximum Gasteiger partial charge on any atom is 0.244 e. The van der Waals surface area contributed by atoms with Crippen molar-refractivity contribution in [2.75, 3.05) is 18.1 Å². The molecule has 0 atom stereocenters. The van der Waals surface area contributed by atoms with Gasteiger partial charge in [-0.1, -0.05) is 17.5 Å². The highest BCUT2D eigenvalue weighted by Crippen LogP contribution is 2.25. The summed E-state index contributed by atoms with van der Waals surface area (Å²) in [4.78, 5) is 7.33. The van der Waals surface area contributed by atoms with Crippen molar-refractivity contribution in [3.05, 3.63) is 5.15 Å². The molecule has 0 aliphatic heterocycles. The topological polar surface area (TPSA) is 87.0 Å². The van der Waals surface area contributed by atoms with Crippen molar-refractivity contribution in [1.29, 1.82) is 0 Å². The van der Waals surface area contributed by atoms with Crippen molar-refractivity contribution in [2.24, 2.45) is 0 Å². The fourth-order valence-electron chi connectivity index (χ4n) is 0.658. The summed E-state index contributed by atoms with van der Waals surface area (Å²) in [7, 11) is 0. The molecule has 0 fully saturated rings. The number of nitrogens with two attached hydrogens (primary N) is 2. The quantitative estimate of drug-likeness (QED) is 0.528. The standard InChI is InChI=1S/C7H7ClN4O/c1-2-3-13-6-4(9)5(8)11-7(10)12-6/h1H,3,9H2,(H2,10,11,12). The smallest absolute Gasteiger partial charge is 0.244 e. The second kappa shape index (κ2) is 3.83. The lowest BCUT2D eigenvalue weighted by Crippen LogP contribution is -2.05. The first-order chi connectivity index (χ1) is 6.15. The van der Waals surface area contributed by atoms with Gasteiger partial charge in [0.1, 0.15) is 5.69 Å². The number of nitrogen functional groups attached to an aromatic ring is 2. The molecule has 0 aromatic carbocycles. The van der Waals surface area contributed by atoms with Crippen LogP contribution in [-0.4, -0.2) is 16.6 Å². The van der Waals surface area contributed by atoms with Crippen molar-refractivity contribution >= 4 is 23.2 Å². The number of ether oxygens (including phenoxy) is 1. The summed E-state index contributed by atoms with van der Waals surface area (Å²) in [6.45, 7) is 0.0526. The lowest BCUT2D eigenvalue weighted by atomic mass is 10.5. The SMILES string of the molecule is C#CCOc1nc(N)nc(Cl)c1N. The van der Waals surface area contributed by atoms with E-state index in [1.807, 2.05) is 0 Å². The molecule has 1 aromatic rings. The van der Waals surface area contributed by atoms with Crippen molar-refractivity contribution in [1.82, 2.24) is 9.97 Å². The molecule has 68 valence electrons. The number of halogens is 1. The summed E-state index contributed by atoms with van der Waals surface area (Å²) < 4.78 is 4.97. The molecule has 0 spiro atoms. The van der Waals surface area contributed by atoms with Gasteiger partial charge in [0.25, 0.3) is 0 Å². The van der Waals surface area contributed by atoms with Crippen LogP contribution in [0.15, 0.2) is 0 Å². The van der Waals surface area contributed by atoms with Crippen LogP contribution in [0.2, 0.25) is 5.15 Å². The lowest BCUT2D eigenvalue weighted by Gasteiger charge is -2.05. The summed E-state index contributed by atoms with van der Waals surface area (Å²) in [6, 6.07) is 0. The summed E-state index contributed by atoms with van der Waals surface area (Å²) >= 11 is 5.61.